The lowest BCUT2D eigenvalue weighted by Crippen LogP contribution is -2.67. The molecule has 3 N–H and O–H groups in total. The number of benzene rings is 1. The number of nitrogens with one attached hydrogen (secondary N) is 2. The molecule has 0 saturated heterocycles. The fourth-order valence-electron chi connectivity index (χ4n) is 3.76. The maximum absolute atomic E-state index is 13.3. The number of furan rings is 1. The van der Waals surface area contributed by atoms with Crippen molar-refractivity contribution in [1.29, 1.82) is 0 Å². The van der Waals surface area contributed by atoms with E-state index in [0.717, 1.165) is 5.76 Å². The second-order valence-corrected chi connectivity index (χ2v) is 11.3. The Hall–Kier alpha value is -2.40. The lowest BCUT2D eigenvalue weighted by atomic mass is 9.82. The number of anilines is 1. The molecule has 1 aromatic carbocycles. The Bertz CT molecular complexity index is 1200. The number of Topliss-reactive ketones (excluding diaryl/α,β-unsaturated/α-hetero) is 2. The first-order valence-corrected chi connectivity index (χ1v) is 13.3. The molecule has 9 nitrogen and oxygen atoms in total. The molecule has 4 atom stereocenters. The summed E-state index contributed by atoms with van der Waals surface area (Å²) in [5.74, 6) is -0.0860. The van der Waals surface area contributed by atoms with Crippen molar-refractivity contribution >= 4 is 38.6 Å². The average Bonchev–Trinajstić information content (AvgIpc) is 3.19. The molecule has 1 saturated carbocycles. The molecule has 1 aliphatic rings. The third-order valence-electron chi connectivity index (χ3n) is 5.69. The minimum atomic E-state index is -3.01. The summed E-state index contributed by atoms with van der Waals surface area (Å²) in [6.45, 7) is 4.65. The molecule has 11 heteroatoms. The summed E-state index contributed by atoms with van der Waals surface area (Å²) in [6.07, 6.45) is 2.05. The first-order valence-electron chi connectivity index (χ1n) is 11.0. The standard InChI is InChI=1S/C23H31ClN4O5S/c1-6-15(17-10-7-13(2)33-17)26-18-19(22(31)21(18)30)27-16-9-8-14(24)23(20(16)29)34(5,32)25-11-12-28(3)4/h7-10,15,18-19,26-27,29H,6,11-12H2,1-5H3/t15-,18?,19?,34?/m1/s1. The summed E-state index contributed by atoms with van der Waals surface area (Å²) < 4.78 is 23.2. The number of hydrogen-bond donors (Lipinski definition) is 3. The molecule has 0 bridgehead atoms. The van der Waals surface area contributed by atoms with E-state index in [1.54, 1.807) is 0 Å². The van der Waals surface area contributed by atoms with Gasteiger partial charge in [0.15, 0.2) is 5.75 Å². The molecule has 186 valence electrons. The van der Waals surface area contributed by atoms with Gasteiger partial charge in [0.1, 0.15) is 28.5 Å². The summed E-state index contributed by atoms with van der Waals surface area (Å²) in [7, 11) is 0.737. The van der Waals surface area contributed by atoms with Gasteiger partial charge in [-0.3, -0.25) is 14.9 Å². The first-order chi connectivity index (χ1) is 16.0. The smallest absolute Gasteiger partial charge is 0.224 e. The number of likely N-dealkylation sites (N-methyl/N-ethyl adjacent to an activating group) is 1. The van der Waals surface area contributed by atoms with Crippen molar-refractivity contribution in [1.82, 2.24) is 10.2 Å². The molecule has 0 aliphatic heterocycles. The lowest BCUT2D eigenvalue weighted by molar-refractivity contribution is -0.145. The molecule has 0 spiro atoms. The Morgan fingerprint density at radius 3 is 2.47 bits per heavy atom. The molecular formula is C23H31ClN4O5S. The van der Waals surface area contributed by atoms with Crippen molar-refractivity contribution in [2.75, 3.05) is 38.8 Å². The number of nitrogens with zero attached hydrogens (tertiary/aromatic N) is 2. The van der Waals surface area contributed by atoms with E-state index >= 15 is 0 Å². The van der Waals surface area contributed by atoms with Gasteiger partial charge in [0.05, 0.1) is 33.0 Å². The molecule has 1 aromatic heterocycles. The van der Waals surface area contributed by atoms with Gasteiger partial charge in [0.2, 0.25) is 11.6 Å². The molecular weight excluding hydrogens is 480 g/mol. The molecule has 3 unspecified atom stereocenters. The Morgan fingerprint density at radius 1 is 1.21 bits per heavy atom. The van der Waals surface area contributed by atoms with E-state index in [-0.39, 0.29) is 27.4 Å². The number of phenolic OH excluding ortho intramolecular Hbond substituents is 1. The molecule has 1 aliphatic carbocycles. The average molecular weight is 511 g/mol. The number of carbonyl (C=O) groups is 2. The number of phenols is 1. The van der Waals surface area contributed by atoms with Gasteiger partial charge in [-0.25, -0.2) is 8.57 Å². The van der Waals surface area contributed by atoms with Crippen molar-refractivity contribution < 1.29 is 23.3 Å². The van der Waals surface area contributed by atoms with Crippen LogP contribution in [0.4, 0.5) is 5.69 Å². The number of aromatic hydroxyl groups is 1. The molecule has 34 heavy (non-hydrogen) atoms. The van der Waals surface area contributed by atoms with Crippen LogP contribution in [0.1, 0.15) is 30.9 Å². The maximum Gasteiger partial charge on any atom is 0.224 e. The third kappa shape index (κ3) is 5.46. The van der Waals surface area contributed by atoms with E-state index in [4.69, 9.17) is 16.0 Å². The SMILES string of the molecule is CC[C@@H](NC1C(=O)C(=O)C1Nc1ccc(Cl)c(S(C)(=O)=NCCN(C)C)c1O)c1ccc(C)o1. The number of hydrogen-bond acceptors (Lipinski definition) is 9. The quantitative estimate of drug-likeness (QED) is 0.329. The number of carbonyl (C=O) groups excluding carboxylic acids is 2. The van der Waals surface area contributed by atoms with Crippen LogP contribution in [0.3, 0.4) is 0 Å². The second kappa shape index (κ2) is 10.5. The zero-order valence-electron chi connectivity index (χ0n) is 19.9. The molecule has 2 aromatic rings. The van der Waals surface area contributed by atoms with Crippen LogP contribution in [0.2, 0.25) is 5.02 Å². The van der Waals surface area contributed by atoms with Crippen molar-refractivity contribution in [2.45, 2.75) is 43.3 Å². The highest BCUT2D eigenvalue weighted by Crippen LogP contribution is 2.39. The van der Waals surface area contributed by atoms with Gasteiger partial charge in [0, 0.05) is 12.8 Å². The molecule has 0 amide bonds. The van der Waals surface area contributed by atoms with Gasteiger partial charge >= 0.3 is 0 Å². The fourth-order valence-corrected chi connectivity index (χ4v) is 5.80. The minimum Gasteiger partial charge on any atom is -0.504 e. The molecule has 1 fully saturated rings. The van der Waals surface area contributed by atoms with Gasteiger partial charge in [-0.05, 0) is 51.7 Å². The fraction of sp³-hybridized carbons (Fsp3) is 0.478. The number of halogens is 1. The Balaban J connectivity index is 1.85. The van der Waals surface area contributed by atoms with Gasteiger partial charge in [-0.2, -0.15) is 0 Å². The van der Waals surface area contributed by atoms with E-state index in [1.165, 1.54) is 18.4 Å². The van der Waals surface area contributed by atoms with E-state index in [1.807, 2.05) is 45.0 Å². The largest absolute Gasteiger partial charge is 0.504 e. The normalized spacial score (nSPS) is 20.7. The highest BCUT2D eigenvalue weighted by atomic mass is 35.5. The number of aryl methyl sites for hydroxylation is 1. The second-order valence-electron chi connectivity index (χ2n) is 8.64. The van der Waals surface area contributed by atoms with E-state index < -0.39 is 33.4 Å². The van der Waals surface area contributed by atoms with Crippen LogP contribution in [0.5, 0.6) is 5.75 Å². The topological polar surface area (TPSA) is 124 Å². The van der Waals surface area contributed by atoms with Gasteiger partial charge in [0.25, 0.3) is 0 Å². The predicted molar refractivity (Wildman–Crippen MR) is 132 cm³/mol. The highest BCUT2D eigenvalue weighted by Gasteiger charge is 2.50. The van der Waals surface area contributed by atoms with Crippen molar-refractivity contribution in [3.8, 4) is 5.75 Å². The summed E-state index contributed by atoms with van der Waals surface area (Å²) >= 11 is 6.27. The van der Waals surface area contributed by atoms with Crippen LogP contribution in [0.15, 0.2) is 37.9 Å². The first kappa shape index (κ1) is 26.2. The minimum absolute atomic E-state index is 0.00183. The van der Waals surface area contributed by atoms with Crippen molar-refractivity contribution in [3.63, 3.8) is 0 Å². The van der Waals surface area contributed by atoms with Crippen LogP contribution in [-0.2, 0) is 19.3 Å². The molecule has 1 heterocycles. The number of ketones is 2. The van der Waals surface area contributed by atoms with Crippen LogP contribution >= 0.6 is 11.6 Å². The van der Waals surface area contributed by atoms with Crippen molar-refractivity contribution in [3.05, 3.63) is 40.8 Å². The lowest BCUT2D eigenvalue weighted by Gasteiger charge is -2.37. The summed E-state index contributed by atoms with van der Waals surface area (Å²) in [6, 6.07) is 4.66. The molecule has 0 radical (unpaired) electrons. The molecule has 3 rings (SSSR count). The highest BCUT2D eigenvalue weighted by molar-refractivity contribution is 7.93. The van der Waals surface area contributed by atoms with Crippen LogP contribution < -0.4 is 10.6 Å². The zero-order valence-corrected chi connectivity index (χ0v) is 21.5. The maximum atomic E-state index is 13.3. The summed E-state index contributed by atoms with van der Waals surface area (Å²) in [4.78, 5) is 26.6. The van der Waals surface area contributed by atoms with E-state index in [0.29, 0.717) is 25.3 Å². The third-order valence-corrected chi connectivity index (χ3v) is 7.97. The Kier molecular flexibility index (Phi) is 8.07. The zero-order chi connectivity index (χ0) is 25.2. The van der Waals surface area contributed by atoms with E-state index in [2.05, 4.69) is 15.0 Å². The Labute approximate surface area is 205 Å². The monoisotopic (exact) mass is 510 g/mol. The van der Waals surface area contributed by atoms with Gasteiger partial charge < -0.3 is 19.7 Å². The van der Waals surface area contributed by atoms with Crippen LogP contribution in [0.25, 0.3) is 0 Å². The van der Waals surface area contributed by atoms with Crippen LogP contribution in [-0.4, -0.2) is 71.3 Å². The van der Waals surface area contributed by atoms with E-state index in [9.17, 15) is 18.9 Å². The van der Waals surface area contributed by atoms with Crippen LogP contribution in [0, 0.1) is 6.92 Å². The Morgan fingerprint density at radius 2 is 1.88 bits per heavy atom. The predicted octanol–water partition coefficient (Wildman–Crippen LogP) is 3.01. The summed E-state index contributed by atoms with van der Waals surface area (Å²) in [5.41, 5.74) is 0.149. The number of rotatable bonds is 10. The van der Waals surface area contributed by atoms with Gasteiger partial charge in [-0.15, -0.1) is 0 Å². The van der Waals surface area contributed by atoms with Gasteiger partial charge in [-0.1, -0.05) is 18.5 Å². The van der Waals surface area contributed by atoms with Crippen molar-refractivity contribution in [2.24, 2.45) is 4.36 Å². The summed E-state index contributed by atoms with van der Waals surface area (Å²) in [5, 5.41) is 17.1.